The number of carbonyl (C=O) groups is 1. The average Bonchev–Trinajstić information content (AvgIpc) is 2.86. The Morgan fingerprint density at radius 2 is 2.05 bits per heavy atom. The summed E-state index contributed by atoms with van der Waals surface area (Å²) in [6.07, 6.45) is 3.15. The smallest absolute Gasteiger partial charge is 0.317 e. The molecule has 0 bridgehead atoms. The number of amides is 2. The molecule has 5 heteroatoms. The summed E-state index contributed by atoms with van der Waals surface area (Å²) in [5.41, 5.74) is 0.940. The van der Waals surface area contributed by atoms with Crippen molar-refractivity contribution in [3.05, 3.63) is 35.6 Å². The molecule has 1 aliphatic carbocycles. The molecule has 1 aromatic carbocycles. The van der Waals surface area contributed by atoms with Crippen molar-refractivity contribution in [2.75, 3.05) is 0 Å². The van der Waals surface area contributed by atoms with E-state index >= 15 is 0 Å². The van der Waals surface area contributed by atoms with Crippen LogP contribution in [0.1, 0.15) is 24.8 Å². The molecule has 2 aliphatic rings. The highest BCUT2D eigenvalue weighted by Gasteiger charge is 2.41. The number of hydrogen-bond acceptors (Lipinski definition) is 2. The summed E-state index contributed by atoms with van der Waals surface area (Å²) >= 11 is 5.25. The molecule has 1 saturated carbocycles. The highest BCUT2D eigenvalue weighted by molar-refractivity contribution is 7.80. The number of benzene rings is 1. The van der Waals surface area contributed by atoms with E-state index in [1.54, 1.807) is 12.1 Å². The second-order valence-corrected chi connectivity index (χ2v) is 5.59. The fourth-order valence-electron chi connectivity index (χ4n) is 3.02. The van der Waals surface area contributed by atoms with Crippen molar-refractivity contribution in [3.63, 3.8) is 0 Å². The van der Waals surface area contributed by atoms with Crippen molar-refractivity contribution in [3.8, 4) is 0 Å². The van der Waals surface area contributed by atoms with Crippen molar-refractivity contribution in [2.45, 2.75) is 31.8 Å². The quantitative estimate of drug-likeness (QED) is 0.844. The number of nitrogens with one attached hydrogen (secondary N) is 1. The number of hydrogen-bond donors (Lipinski definition) is 1. The van der Waals surface area contributed by atoms with Gasteiger partial charge in [0, 0.05) is 18.5 Å². The third-order valence-corrected chi connectivity index (χ3v) is 4.38. The number of rotatable bonds is 2. The van der Waals surface area contributed by atoms with Gasteiger partial charge in [0.1, 0.15) is 5.82 Å². The maximum Gasteiger partial charge on any atom is 0.322 e. The summed E-state index contributed by atoms with van der Waals surface area (Å²) in [6, 6.07) is 6.37. The van der Waals surface area contributed by atoms with Crippen LogP contribution in [0.15, 0.2) is 24.3 Å². The molecule has 0 radical (unpaired) electrons. The van der Waals surface area contributed by atoms with Crippen LogP contribution < -0.4 is 5.32 Å². The summed E-state index contributed by atoms with van der Waals surface area (Å²) in [4.78, 5) is 14.6. The van der Waals surface area contributed by atoms with Crippen LogP contribution >= 0.6 is 12.2 Å². The second-order valence-electron chi connectivity index (χ2n) is 5.15. The van der Waals surface area contributed by atoms with E-state index in [0.29, 0.717) is 11.5 Å². The molecule has 1 aromatic rings. The minimum atomic E-state index is -0.258. The van der Waals surface area contributed by atoms with Crippen LogP contribution in [0.5, 0.6) is 0 Å². The molecule has 1 saturated heterocycles. The molecule has 1 N–H and O–H groups in total. The van der Waals surface area contributed by atoms with Gasteiger partial charge in [-0.05, 0) is 30.5 Å². The molecule has 2 fully saturated rings. The van der Waals surface area contributed by atoms with Crippen molar-refractivity contribution in [1.29, 1.82) is 0 Å². The van der Waals surface area contributed by atoms with Gasteiger partial charge in [-0.3, -0.25) is 0 Å². The number of halogens is 1. The summed E-state index contributed by atoms with van der Waals surface area (Å²) in [5, 5.41) is 2.78. The summed E-state index contributed by atoms with van der Waals surface area (Å²) in [5.74, 6) is 0.0277. The first-order chi connectivity index (χ1) is 9.15. The summed E-state index contributed by atoms with van der Waals surface area (Å²) < 4.78 is 12.9. The molecule has 1 aliphatic heterocycles. The molecule has 3 rings (SSSR count). The maximum absolute atomic E-state index is 12.9. The number of nitrogens with zero attached hydrogens (tertiary/aromatic N) is 1. The Hall–Kier alpha value is -1.49. The molecular weight excluding hydrogens is 263 g/mol. The zero-order valence-corrected chi connectivity index (χ0v) is 11.3. The predicted molar refractivity (Wildman–Crippen MR) is 74.2 cm³/mol. The van der Waals surface area contributed by atoms with Crippen molar-refractivity contribution < 1.29 is 9.18 Å². The van der Waals surface area contributed by atoms with Crippen molar-refractivity contribution >= 4 is 23.2 Å². The second kappa shape index (κ2) is 4.89. The van der Waals surface area contributed by atoms with E-state index in [2.05, 4.69) is 5.32 Å². The monoisotopic (exact) mass is 278 g/mol. The standard InChI is InChI=1S/C14H15FN2OS/c15-10-6-4-9(5-7-10)8-17-12-3-1-2-11(12)13(19)16-14(17)18/h4-7,11-12H,1-3,8H2,(H,16,18,19). The number of thiocarbonyl (C=S) groups is 1. The van der Waals surface area contributed by atoms with Gasteiger partial charge in [-0.25, -0.2) is 9.18 Å². The Labute approximate surface area is 116 Å². The van der Waals surface area contributed by atoms with Gasteiger partial charge in [0.2, 0.25) is 0 Å². The molecule has 1 heterocycles. The van der Waals surface area contributed by atoms with Crippen LogP contribution in [0.2, 0.25) is 0 Å². The van der Waals surface area contributed by atoms with E-state index in [1.165, 1.54) is 12.1 Å². The van der Waals surface area contributed by atoms with Crippen LogP contribution in [-0.4, -0.2) is 22.0 Å². The zero-order chi connectivity index (χ0) is 13.4. The van der Waals surface area contributed by atoms with E-state index in [0.717, 1.165) is 24.8 Å². The van der Waals surface area contributed by atoms with Crippen molar-refractivity contribution in [1.82, 2.24) is 10.2 Å². The minimum Gasteiger partial charge on any atom is -0.317 e. The van der Waals surface area contributed by atoms with E-state index in [9.17, 15) is 9.18 Å². The Bertz CT molecular complexity index is 517. The normalized spacial score (nSPS) is 26.3. The Morgan fingerprint density at radius 3 is 2.79 bits per heavy atom. The van der Waals surface area contributed by atoms with Gasteiger partial charge in [0.05, 0.1) is 4.99 Å². The van der Waals surface area contributed by atoms with Crippen LogP contribution in [-0.2, 0) is 6.54 Å². The molecular formula is C14H15FN2OS. The Balaban J connectivity index is 1.80. The van der Waals surface area contributed by atoms with E-state index in [1.807, 2.05) is 4.90 Å². The van der Waals surface area contributed by atoms with Crippen LogP contribution in [0.3, 0.4) is 0 Å². The van der Waals surface area contributed by atoms with E-state index in [4.69, 9.17) is 12.2 Å². The fraction of sp³-hybridized carbons (Fsp3) is 0.429. The molecule has 0 aromatic heterocycles. The first-order valence-electron chi connectivity index (χ1n) is 6.51. The predicted octanol–water partition coefficient (Wildman–Crippen LogP) is 2.85. The molecule has 100 valence electrons. The van der Waals surface area contributed by atoms with Crippen molar-refractivity contribution in [2.24, 2.45) is 5.92 Å². The van der Waals surface area contributed by atoms with Gasteiger partial charge in [0.15, 0.2) is 0 Å². The summed E-state index contributed by atoms with van der Waals surface area (Å²) in [6.45, 7) is 0.510. The third-order valence-electron chi connectivity index (χ3n) is 3.97. The molecule has 2 amide bonds. The summed E-state index contributed by atoms with van der Waals surface area (Å²) in [7, 11) is 0. The molecule has 2 unspecified atom stereocenters. The molecule has 2 atom stereocenters. The Kier molecular flexibility index (Phi) is 3.22. The minimum absolute atomic E-state index is 0.127. The highest BCUT2D eigenvalue weighted by atomic mass is 32.1. The molecule has 0 spiro atoms. The first-order valence-corrected chi connectivity index (χ1v) is 6.92. The number of urea groups is 1. The molecule has 3 nitrogen and oxygen atoms in total. The van der Waals surface area contributed by atoms with E-state index < -0.39 is 0 Å². The average molecular weight is 278 g/mol. The topological polar surface area (TPSA) is 32.3 Å². The lowest BCUT2D eigenvalue weighted by Crippen LogP contribution is -2.57. The lowest BCUT2D eigenvalue weighted by atomic mass is 9.99. The molecule has 19 heavy (non-hydrogen) atoms. The van der Waals surface area contributed by atoms with Gasteiger partial charge in [0.25, 0.3) is 0 Å². The highest BCUT2D eigenvalue weighted by Crippen LogP contribution is 2.34. The van der Waals surface area contributed by atoms with E-state index in [-0.39, 0.29) is 23.8 Å². The van der Waals surface area contributed by atoms with Crippen LogP contribution in [0, 0.1) is 11.7 Å². The largest absolute Gasteiger partial charge is 0.322 e. The van der Waals surface area contributed by atoms with Crippen LogP contribution in [0.4, 0.5) is 9.18 Å². The fourth-order valence-corrected chi connectivity index (χ4v) is 3.38. The van der Waals surface area contributed by atoms with Crippen LogP contribution in [0.25, 0.3) is 0 Å². The zero-order valence-electron chi connectivity index (χ0n) is 10.4. The van der Waals surface area contributed by atoms with Gasteiger partial charge in [-0.2, -0.15) is 0 Å². The Morgan fingerprint density at radius 1 is 1.32 bits per heavy atom. The lowest BCUT2D eigenvalue weighted by Gasteiger charge is -2.38. The van der Waals surface area contributed by atoms with Gasteiger partial charge >= 0.3 is 6.03 Å². The number of carbonyl (C=O) groups excluding carboxylic acids is 1. The van der Waals surface area contributed by atoms with Gasteiger partial charge in [-0.1, -0.05) is 30.8 Å². The van der Waals surface area contributed by atoms with Gasteiger partial charge < -0.3 is 10.2 Å². The third kappa shape index (κ3) is 2.34. The van der Waals surface area contributed by atoms with Gasteiger partial charge in [-0.15, -0.1) is 0 Å². The maximum atomic E-state index is 12.9. The SMILES string of the molecule is O=C1NC(=S)C2CCCC2N1Cc1ccc(F)cc1. The lowest BCUT2D eigenvalue weighted by molar-refractivity contribution is 0.159. The number of fused-ring (bicyclic) bond motifs is 1. The first kappa shape index (κ1) is 12.5.